The first-order valence-corrected chi connectivity index (χ1v) is 9.91. The normalized spacial score (nSPS) is 25.5. The Hall–Kier alpha value is -3.42. The molecule has 4 N–H and O–H groups in total. The van der Waals surface area contributed by atoms with Crippen molar-refractivity contribution >= 4 is 5.91 Å². The largest absolute Gasteiger partial charge is 0.508 e. The van der Waals surface area contributed by atoms with Crippen LogP contribution in [0.2, 0.25) is 0 Å². The molecule has 0 radical (unpaired) electrons. The predicted molar refractivity (Wildman–Crippen MR) is 110 cm³/mol. The zero-order valence-electron chi connectivity index (χ0n) is 16.1. The summed E-state index contributed by atoms with van der Waals surface area (Å²) in [6.45, 7) is 0.434. The van der Waals surface area contributed by atoms with Crippen LogP contribution >= 0.6 is 0 Å². The summed E-state index contributed by atoms with van der Waals surface area (Å²) in [5.41, 5.74) is 8.94. The number of aromatic hydroxyl groups is 2. The van der Waals surface area contributed by atoms with Crippen LogP contribution in [0.4, 0.5) is 0 Å². The fourth-order valence-electron chi connectivity index (χ4n) is 4.69. The predicted octanol–water partition coefficient (Wildman–Crippen LogP) is 2.41. The number of hydrazine groups is 1. The smallest absolute Gasteiger partial charge is 0.242 e. The number of phenolic OH excluding ortho intramolecular Hbond substituents is 2. The summed E-state index contributed by atoms with van der Waals surface area (Å²) in [4.78, 5) is 19.3. The number of nitrogens with zero attached hydrogens (tertiary/aromatic N) is 2. The van der Waals surface area contributed by atoms with Crippen molar-refractivity contribution in [3.63, 3.8) is 0 Å². The number of rotatable bonds is 4. The molecule has 0 spiro atoms. The van der Waals surface area contributed by atoms with Crippen LogP contribution in [0.1, 0.15) is 28.8 Å². The van der Waals surface area contributed by atoms with Gasteiger partial charge in [-0.3, -0.25) is 9.78 Å². The van der Waals surface area contributed by atoms with Crippen molar-refractivity contribution in [1.82, 2.24) is 20.7 Å². The van der Waals surface area contributed by atoms with Crippen molar-refractivity contribution in [2.45, 2.75) is 24.7 Å². The minimum absolute atomic E-state index is 0.0180. The van der Waals surface area contributed by atoms with Gasteiger partial charge in [-0.1, -0.05) is 30.3 Å². The van der Waals surface area contributed by atoms with E-state index < -0.39 is 6.04 Å². The average molecular weight is 402 g/mol. The number of phenols is 2. The Kier molecular flexibility index (Phi) is 4.61. The molecule has 3 heterocycles. The quantitative estimate of drug-likeness (QED) is 0.535. The molecule has 2 aromatic carbocycles. The van der Waals surface area contributed by atoms with Crippen molar-refractivity contribution in [1.29, 1.82) is 0 Å². The lowest BCUT2D eigenvalue weighted by molar-refractivity contribution is -0.131. The number of para-hydroxylation sites is 1. The summed E-state index contributed by atoms with van der Waals surface area (Å²) in [6.07, 6.45) is 3.43. The van der Waals surface area contributed by atoms with Crippen LogP contribution in [-0.2, 0) is 11.3 Å². The molecule has 1 amide bonds. The number of aromatic nitrogens is 1. The van der Waals surface area contributed by atoms with Crippen LogP contribution in [0.3, 0.4) is 0 Å². The van der Waals surface area contributed by atoms with Crippen molar-refractivity contribution in [3.8, 4) is 11.5 Å². The van der Waals surface area contributed by atoms with Gasteiger partial charge in [0.25, 0.3) is 0 Å². The van der Waals surface area contributed by atoms with Gasteiger partial charge in [0.1, 0.15) is 17.5 Å². The molecule has 152 valence electrons. The second-order valence-corrected chi connectivity index (χ2v) is 7.74. The van der Waals surface area contributed by atoms with E-state index in [-0.39, 0.29) is 35.4 Å². The molecule has 0 aliphatic carbocycles. The Morgan fingerprint density at radius 3 is 2.47 bits per heavy atom. The summed E-state index contributed by atoms with van der Waals surface area (Å²) >= 11 is 0. The number of amides is 1. The summed E-state index contributed by atoms with van der Waals surface area (Å²) in [5, 5.41) is 20.5. The SMILES string of the molecule is O=C1C2NNC(c3ccccc3O)C2C(c2cccc(O)c2)N1Cc1ccncc1. The molecule has 7 heteroatoms. The molecular formula is C23H22N4O3. The van der Waals surface area contributed by atoms with E-state index in [0.717, 1.165) is 16.7 Å². The van der Waals surface area contributed by atoms with Crippen LogP contribution < -0.4 is 10.9 Å². The standard InChI is InChI=1S/C23H22N4O3/c28-16-5-3-4-15(12-16)22-19-20(17-6-1-2-7-18(17)29)25-26-21(19)23(30)27(22)13-14-8-10-24-11-9-14/h1-12,19-22,25-26,28-29H,13H2. The molecule has 2 aliphatic heterocycles. The number of fused-ring (bicyclic) bond motifs is 1. The van der Waals surface area contributed by atoms with E-state index in [1.165, 1.54) is 0 Å². The van der Waals surface area contributed by atoms with Gasteiger partial charge in [-0.15, -0.1) is 0 Å². The number of nitrogens with one attached hydrogen (secondary N) is 2. The third-order valence-electron chi connectivity index (χ3n) is 6.00. The van der Waals surface area contributed by atoms with Crippen LogP contribution in [0.5, 0.6) is 11.5 Å². The lowest BCUT2D eigenvalue weighted by atomic mass is 9.83. The van der Waals surface area contributed by atoms with Gasteiger partial charge >= 0.3 is 0 Å². The fourth-order valence-corrected chi connectivity index (χ4v) is 4.69. The van der Waals surface area contributed by atoms with Gasteiger partial charge in [-0.05, 0) is 41.5 Å². The van der Waals surface area contributed by atoms with E-state index in [1.54, 1.807) is 42.7 Å². The van der Waals surface area contributed by atoms with Crippen LogP contribution in [0, 0.1) is 5.92 Å². The number of carbonyl (C=O) groups is 1. The molecule has 4 atom stereocenters. The third kappa shape index (κ3) is 3.08. The van der Waals surface area contributed by atoms with E-state index in [9.17, 15) is 15.0 Å². The minimum Gasteiger partial charge on any atom is -0.508 e. The number of likely N-dealkylation sites (tertiary alicyclic amines) is 1. The molecule has 2 fully saturated rings. The summed E-state index contributed by atoms with van der Waals surface area (Å²) < 4.78 is 0. The molecule has 2 aliphatic rings. The molecule has 30 heavy (non-hydrogen) atoms. The van der Waals surface area contributed by atoms with Crippen molar-refractivity contribution < 1.29 is 15.0 Å². The number of benzene rings is 2. The van der Waals surface area contributed by atoms with Gasteiger partial charge in [0, 0.05) is 30.4 Å². The molecule has 0 saturated carbocycles. The second-order valence-electron chi connectivity index (χ2n) is 7.74. The number of hydrogen-bond donors (Lipinski definition) is 4. The van der Waals surface area contributed by atoms with Crippen LogP contribution in [-0.4, -0.2) is 32.0 Å². The third-order valence-corrected chi connectivity index (χ3v) is 6.00. The lowest BCUT2D eigenvalue weighted by Gasteiger charge is -2.31. The Bertz CT molecular complexity index is 1070. The van der Waals surface area contributed by atoms with E-state index in [1.807, 2.05) is 35.2 Å². The Morgan fingerprint density at radius 1 is 0.933 bits per heavy atom. The average Bonchev–Trinajstić information content (AvgIpc) is 3.29. The van der Waals surface area contributed by atoms with Crippen molar-refractivity contribution in [2.75, 3.05) is 0 Å². The van der Waals surface area contributed by atoms with Gasteiger partial charge in [0.05, 0.1) is 12.1 Å². The highest BCUT2D eigenvalue weighted by Gasteiger charge is 2.55. The van der Waals surface area contributed by atoms with E-state index in [4.69, 9.17) is 0 Å². The molecule has 5 rings (SSSR count). The molecule has 7 nitrogen and oxygen atoms in total. The zero-order chi connectivity index (χ0) is 20.7. The van der Waals surface area contributed by atoms with Gasteiger partial charge in [0.2, 0.25) is 5.91 Å². The molecule has 2 saturated heterocycles. The summed E-state index contributed by atoms with van der Waals surface area (Å²) in [6, 6.07) is 17.0. The van der Waals surface area contributed by atoms with Gasteiger partial charge in [-0.2, -0.15) is 0 Å². The fraction of sp³-hybridized carbons (Fsp3) is 0.217. The van der Waals surface area contributed by atoms with Gasteiger partial charge in [-0.25, -0.2) is 10.9 Å². The van der Waals surface area contributed by atoms with Gasteiger partial charge < -0.3 is 15.1 Å². The topological polar surface area (TPSA) is 97.7 Å². The molecule has 1 aromatic heterocycles. The highest BCUT2D eigenvalue weighted by Crippen LogP contribution is 2.49. The van der Waals surface area contributed by atoms with E-state index >= 15 is 0 Å². The number of pyridine rings is 1. The summed E-state index contributed by atoms with van der Waals surface area (Å²) in [5.74, 6) is 0.155. The second kappa shape index (κ2) is 7.44. The Labute approximate surface area is 174 Å². The molecule has 3 aromatic rings. The van der Waals surface area contributed by atoms with Crippen LogP contribution in [0.25, 0.3) is 0 Å². The Morgan fingerprint density at radius 2 is 1.70 bits per heavy atom. The summed E-state index contributed by atoms with van der Waals surface area (Å²) in [7, 11) is 0. The first-order valence-electron chi connectivity index (χ1n) is 9.91. The van der Waals surface area contributed by atoms with Gasteiger partial charge in [0.15, 0.2) is 0 Å². The highest BCUT2D eigenvalue weighted by atomic mass is 16.3. The maximum atomic E-state index is 13.4. The maximum Gasteiger partial charge on any atom is 0.242 e. The number of hydrogen-bond acceptors (Lipinski definition) is 6. The highest BCUT2D eigenvalue weighted by molar-refractivity contribution is 5.86. The van der Waals surface area contributed by atoms with E-state index in [0.29, 0.717) is 6.54 Å². The monoisotopic (exact) mass is 402 g/mol. The first-order chi connectivity index (χ1) is 14.6. The minimum atomic E-state index is -0.441. The first kappa shape index (κ1) is 18.6. The number of carbonyl (C=O) groups excluding carboxylic acids is 1. The maximum absolute atomic E-state index is 13.4. The van der Waals surface area contributed by atoms with Crippen LogP contribution in [0.15, 0.2) is 73.1 Å². The van der Waals surface area contributed by atoms with Crippen molar-refractivity contribution in [2.24, 2.45) is 5.92 Å². The van der Waals surface area contributed by atoms with Crippen molar-refractivity contribution in [3.05, 3.63) is 89.7 Å². The molecule has 4 unspecified atom stereocenters. The lowest BCUT2D eigenvalue weighted by Crippen LogP contribution is -2.41. The molecule has 0 bridgehead atoms. The molecular weight excluding hydrogens is 380 g/mol. The Balaban J connectivity index is 1.59. The van der Waals surface area contributed by atoms with E-state index in [2.05, 4.69) is 15.8 Å². The zero-order valence-corrected chi connectivity index (χ0v) is 16.1.